The van der Waals surface area contributed by atoms with Crippen molar-refractivity contribution >= 4 is 5.91 Å². The summed E-state index contributed by atoms with van der Waals surface area (Å²) in [6.07, 6.45) is 0. The minimum atomic E-state index is -0.328. The Morgan fingerprint density at radius 1 is 0.933 bits per heavy atom. The molecule has 6 heteroatoms. The Kier molecular flexibility index (Phi) is 5.39. The molecular formula is C24H21FN4O. The van der Waals surface area contributed by atoms with E-state index in [2.05, 4.69) is 34.3 Å². The first-order chi connectivity index (χ1) is 14.5. The molecule has 0 aliphatic rings. The zero-order valence-electron chi connectivity index (χ0n) is 16.8. The van der Waals surface area contributed by atoms with Gasteiger partial charge in [-0.3, -0.25) is 4.79 Å². The monoisotopic (exact) mass is 400 g/mol. The van der Waals surface area contributed by atoms with Crippen molar-refractivity contribution in [2.24, 2.45) is 0 Å². The molecule has 4 aromatic rings. The molecule has 0 saturated heterocycles. The van der Waals surface area contributed by atoms with Gasteiger partial charge in [-0.05, 0) is 47.9 Å². The minimum absolute atomic E-state index is 0.111. The lowest BCUT2D eigenvalue weighted by molar-refractivity contribution is 0.0773. The quantitative estimate of drug-likeness (QED) is 0.490. The van der Waals surface area contributed by atoms with Crippen molar-refractivity contribution in [1.29, 1.82) is 0 Å². The Hall–Kier alpha value is -3.80. The number of hydrogen-bond donors (Lipinski definition) is 0. The van der Waals surface area contributed by atoms with E-state index >= 15 is 0 Å². The average molecular weight is 400 g/mol. The maximum atomic E-state index is 13.2. The number of benzene rings is 3. The summed E-state index contributed by atoms with van der Waals surface area (Å²) in [6.45, 7) is 2.20. The van der Waals surface area contributed by atoms with Crippen molar-refractivity contribution in [2.45, 2.75) is 13.5 Å². The summed E-state index contributed by atoms with van der Waals surface area (Å²) >= 11 is 0. The molecule has 0 bridgehead atoms. The second-order valence-electron chi connectivity index (χ2n) is 7.10. The Morgan fingerprint density at radius 2 is 1.57 bits per heavy atom. The summed E-state index contributed by atoms with van der Waals surface area (Å²) in [6, 6.07) is 24.2. The molecule has 1 aromatic heterocycles. The van der Waals surface area contributed by atoms with Gasteiger partial charge in [0.1, 0.15) is 11.6 Å². The van der Waals surface area contributed by atoms with Gasteiger partial charge in [0, 0.05) is 13.6 Å². The molecule has 0 aliphatic carbocycles. The molecule has 1 amide bonds. The van der Waals surface area contributed by atoms with Crippen molar-refractivity contribution in [3.8, 4) is 16.8 Å². The van der Waals surface area contributed by atoms with Crippen LogP contribution in [0.1, 0.15) is 22.0 Å². The predicted molar refractivity (Wildman–Crippen MR) is 114 cm³/mol. The lowest BCUT2D eigenvalue weighted by Crippen LogP contribution is -2.27. The van der Waals surface area contributed by atoms with Crippen LogP contribution in [0.15, 0.2) is 78.9 Å². The van der Waals surface area contributed by atoms with Crippen LogP contribution >= 0.6 is 0 Å². The van der Waals surface area contributed by atoms with E-state index < -0.39 is 0 Å². The van der Waals surface area contributed by atoms with Gasteiger partial charge < -0.3 is 4.90 Å². The zero-order valence-corrected chi connectivity index (χ0v) is 16.8. The Morgan fingerprint density at radius 3 is 2.23 bits per heavy atom. The molecule has 3 aromatic carbocycles. The van der Waals surface area contributed by atoms with E-state index in [0.717, 1.165) is 16.7 Å². The minimum Gasteiger partial charge on any atom is -0.335 e. The highest BCUT2D eigenvalue weighted by Crippen LogP contribution is 2.20. The van der Waals surface area contributed by atoms with E-state index in [-0.39, 0.29) is 17.5 Å². The molecule has 150 valence electrons. The van der Waals surface area contributed by atoms with Crippen molar-refractivity contribution in [2.75, 3.05) is 7.05 Å². The van der Waals surface area contributed by atoms with Gasteiger partial charge in [-0.2, -0.15) is 0 Å². The van der Waals surface area contributed by atoms with Gasteiger partial charge in [-0.15, -0.1) is 5.10 Å². The van der Waals surface area contributed by atoms with Crippen molar-refractivity contribution in [3.63, 3.8) is 0 Å². The van der Waals surface area contributed by atoms with Crippen LogP contribution < -0.4 is 0 Å². The van der Waals surface area contributed by atoms with E-state index in [0.29, 0.717) is 18.1 Å². The summed E-state index contributed by atoms with van der Waals surface area (Å²) in [5.74, 6) is 0.0720. The zero-order chi connectivity index (χ0) is 21.1. The third kappa shape index (κ3) is 4.12. The van der Waals surface area contributed by atoms with Gasteiger partial charge in [-0.25, -0.2) is 14.1 Å². The van der Waals surface area contributed by atoms with Crippen LogP contribution in [0.2, 0.25) is 0 Å². The highest BCUT2D eigenvalue weighted by Gasteiger charge is 2.19. The second-order valence-corrected chi connectivity index (χ2v) is 7.10. The Bertz CT molecular complexity index is 1150. The highest BCUT2D eigenvalue weighted by atomic mass is 19.1. The van der Waals surface area contributed by atoms with Gasteiger partial charge in [0.25, 0.3) is 5.91 Å². The third-order valence-corrected chi connectivity index (χ3v) is 4.86. The average Bonchev–Trinajstić information content (AvgIpc) is 3.16. The molecule has 0 spiro atoms. The molecule has 1 heterocycles. The summed E-state index contributed by atoms with van der Waals surface area (Å²) in [5.41, 5.74) is 3.95. The number of amides is 1. The fraction of sp³-hybridized carbons (Fsp3) is 0.125. The molecule has 0 aliphatic heterocycles. The van der Waals surface area contributed by atoms with E-state index in [1.165, 1.54) is 16.8 Å². The number of rotatable bonds is 5. The number of halogens is 1. The summed E-state index contributed by atoms with van der Waals surface area (Å²) in [4.78, 5) is 18.7. The van der Waals surface area contributed by atoms with Crippen LogP contribution in [-0.4, -0.2) is 32.6 Å². The fourth-order valence-corrected chi connectivity index (χ4v) is 3.26. The lowest BCUT2D eigenvalue weighted by atomic mass is 10.0. The number of carbonyl (C=O) groups is 1. The maximum Gasteiger partial charge on any atom is 0.293 e. The second kappa shape index (κ2) is 8.29. The first-order valence-electron chi connectivity index (χ1n) is 9.61. The smallest absolute Gasteiger partial charge is 0.293 e. The molecule has 0 saturated carbocycles. The van der Waals surface area contributed by atoms with Crippen LogP contribution in [-0.2, 0) is 6.54 Å². The van der Waals surface area contributed by atoms with Crippen molar-refractivity contribution < 1.29 is 9.18 Å². The van der Waals surface area contributed by atoms with E-state index in [9.17, 15) is 9.18 Å². The van der Waals surface area contributed by atoms with Crippen molar-refractivity contribution in [1.82, 2.24) is 19.7 Å². The number of aromatic nitrogens is 3. The lowest BCUT2D eigenvalue weighted by Gasteiger charge is -2.15. The molecule has 0 radical (unpaired) electrons. The van der Waals surface area contributed by atoms with Gasteiger partial charge in [0.2, 0.25) is 5.82 Å². The molecular weight excluding hydrogens is 379 g/mol. The standard InChI is InChI=1S/C24H21FN4O/c1-17-26-23(27-29(17)22-14-12-21(25)13-15-22)24(30)28(2)16-18-8-10-20(11-9-18)19-6-4-3-5-7-19/h3-15H,16H2,1-2H3. The van der Waals surface area contributed by atoms with E-state index in [1.54, 1.807) is 31.0 Å². The number of carbonyl (C=O) groups excluding carboxylic acids is 1. The van der Waals surface area contributed by atoms with Gasteiger partial charge >= 0.3 is 0 Å². The van der Waals surface area contributed by atoms with Gasteiger partial charge in [0.15, 0.2) is 0 Å². The van der Waals surface area contributed by atoms with Gasteiger partial charge in [0.05, 0.1) is 5.69 Å². The third-order valence-electron chi connectivity index (χ3n) is 4.86. The number of nitrogens with zero attached hydrogens (tertiary/aromatic N) is 4. The van der Waals surface area contributed by atoms with Crippen LogP contribution in [0.3, 0.4) is 0 Å². The Labute approximate surface area is 174 Å². The molecule has 0 fully saturated rings. The highest BCUT2D eigenvalue weighted by molar-refractivity contribution is 5.90. The van der Waals surface area contributed by atoms with Crippen molar-refractivity contribution in [3.05, 3.63) is 102 Å². The molecule has 0 atom stereocenters. The van der Waals surface area contributed by atoms with Gasteiger partial charge in [-0.1, -0.05) is 54.6 Å². The SMILES string of the molecule is Cc1nc(C(=O)N(C)Cc2ccc(-c3ccccc3)cc2)nn1-c1ccc(F)cc1. The normalized spacial score (nSPS) is 10.8. The molecule has 4 rings (SSSR count). The number of hydrogen-bond acceptors (Lipinski definition) is 3. The summed E-state index contributed by atoms with van der Waals surface area (Å²) in [5, 5.41) is 4.32. The Balaban J connectivity index is 1.47. The first-order valence-corrected chi connectivity index (χ1v) is 9.61. The maximum absolute atomic E-state index is 13.2. The topological polar surface area (TPSA) is 51.0 Å². The number of aryl methyl sites for hydroxylation is 1. The summed E-state index contributed by atoms with van der Waals surface area (Å²) in [7, 11) is 1.72. The molecule has 30 heavy (non-hydrogen) atoms. The molecule has 0 N–H and O–H groups in total. The predicted octanol–water partition coefficient (Wildman–Crippen LogP) is 4.65. The first kappa shape index (κ1) is 19.5. The van der Waals surface area contributed by atoms with Crippen LogP contribution in [0.5, 0.6) is 0 Å². The molecule has 0 unspecified atom stereocenters. The van der Waals surface area contributed by atoms with Crippen LogP contribution in [0.25, 0.3) is 16.8 Å². The summed E-state index contributed by atoms with van der Waals surface area (Å²) < 4.78 is 14.7. The van der Waals surface area contributed by atoms with Crippen LogP contribution in [0.4, 0.5) is 4.39 Å². The fourth-order valence-electron chi connectivity index (χ4n) is 3.26. The van der Waals surface area contributed by atoms with E-state index in [4.69, 9.17) is 0 Å². The molecule has 5 nitrogen and oxygen atoms in total. The van der Waals surface area contributed by atoms with Crippen LogP contribution in [0, 0.1) is 12.7 Å². The largest absolute Gasteiger partial charge is 0.335 e. The van der Waals surface area contributed by atoms with E-state index in [1.807, 2.05) is 30.3 Å².